The third-order valence-electron chi connectivity index (χ3n) is 3.16. The molecule has 0 saturated carbocycles. The molecule has 0 bridgehead atoms. The predicted octanol–water partition coefficient (Wildman–Crippen LogP) is 2.40. The van der Waals surface area contributed by atoms with Gasteiger partial charge in [0.05, 0.1) is 19.5 Å². The summed E-state index contributed by atoms with van der Waals surface area (Å²) < 4.78 is 43.4. The molecule has 1 heterocycles. The van der Waals surface area contributed by atoms with Crippen molar-refractivity contribution < 1.29 is 19.3 Å². The van der Waals surface area contributed by atoms with E-state index in [1.54, 1.807) is 18.2 Å². The molecule has 1 aliphatic rings. The largest absolute Gasteiger partial charge is 0.374 e. The highest BCUT2D eigenvalue weighted by molar-refractivity contribution is 7.92. The fourth-order valence-electron chi connectivity index (χ4n) is 2.02. The molecule has 1 fully saturated rings. The Morgan fingerprint density at radius 2 is 1.67 bits per heavy atom. The van der Waals surface area contributed by atoms with Crippen molar-refractivity contribution in [2.45, 2.75) is 23.0 Å². The molecule has 0 aromatic heterocycles. The van der Waals surface area contributed by atoms with Crippen molar-refractivity contribution in [1.82, 2.24) is 0 Å². The highest BCUT2D eigenvalue weighted by atomic mass is 32.2. The van der Waals surface area contributed by atoms with Crippen LogP contribution < -0.4 is 0 Å². The van der Waals surface area contributed by atoms with E-state index in [1.807, 2.05) is 30.3 Å². The monoisotopic (exact) mass is 305 g/mol. The second kappa shape index (κ2) is 5.97. The van der Waals surface area contributed by atoms with Gasteiger partial charge in [0.25, 0.3) is 0 Å². The average Bonchev–Trinajstić information content (AvgIpc) is 3.22. The predicted molar refractivity (Wildman–Crippen MR) is 78.4 cm³/mol. The summed E-state index contributed by atoms with van der Waals surface area (Å²) in [6.45, 7) is 0.437. The summed E-state index contributed by atoms with van der Waals surface area (Å²) in [5, 5.41) is 0. The Labute approximate surface area is 125 Å². The molecule has 2 atom stereocenters. The van der Waals surface area contributed by atoms with Crippen LogP contribution in [0.15, 0.2) is 65.6 Å². The lowest BCUT2D eigenvalue weighted by Crippen LogP contribution is -2.14. The van der Waals surface area contributed by atoms with Gasteiger partial charge < -0.3 is 9.47 Å². The maximum atomic E-state index is 12.4. The summed E-state index contributed by atoms with van der Waals surface area (Å²) in [6, 6.07) is 17.5. The molecule has 0 amide bonds. The van der Waals surface area contributed by atoms with E-state index >= 15 is 0 Å². The van der Waals surface area contributed by atoms with Crippen LogP contribution in [-0.4, -0.2) is 26.5 Å². The number of hydrogen-bond donors (Lipinski definition) is 0. The minimum Gasteiger partial charge on any atom is -0.374 e. The Morgan fingerprint density at radius 3 is 2.33 bits per heavy atom. The summed E-state index contributed by atoms with van der Waals surface area (Å²) in [5.41, 5.74) is -0.949. The smallest absolute Gasteiger partial charge is 0.207 e. The van der Waals surface area contributed by atoms with Crippen LogP contribution in [0.3, 0.4) is 0 Å². The zero-order valence-electron chi connectivity index (χ0n) is 12.3. The van der Waals surface area contributed by atoms with Crippen molar-refractivity contribution in [2.75, 3.05) is 6.61 Å². The first kappa shape index (κ1) is 13.0. The van der Waals surface area contributed by atoms with Crippen LogP contribution >= 0.6 is 0 Å². The zero-order valence-corrected chi connectivity index (χ0v) is 12.1. The Hall–Kier alpha value is -1.69. The third kappa shape index (κ3) is 3.32. The number of epoxide rings is 1. The van der Waals surface area contributed by atoms with Gasteiger partial charge in [-0.2, -0.15) is 0 Å². The van der Waals surface area contributed by atoms with Gasteiger partial charge in [-0.05, 0) is 17.7 Å². The van der Waals surface area contributed by atoms with E-state index in [0.717, 1.165) is 5.56 Å². The molecule has 1 saturated heterocycles. The highest BCUT2D eigenvalue weighted by Gasteiger charge is 2.49. The molecule has 0 spiro atoms. The number of ether oxygens (including phenoxy) is 2. The topological polar surface area (TPSA) is 55.9 Å². The summed E-state index contributed by atoms with van der Waals surface area (Å²) in [4.78, 5) is 0.0931. The van der Waals surface area contributed by atoms with Gasteiger partial charge in [0, 0.05) is 0 Å². The van der Waals surface area contributed by atoms with Crippen LogP contribution in [0.25, 0.3) is 0 Å². The van der Waals surface area contributed by atoms with Gasteiger partial charge in [0.2, 0.25) is 9.84 Å². The van der Waals surface area contributed by atoms with E-state index in [2.05, 4.69) is 0 Å². The van der Waals surface area contributed by atoms with E-state index in [0.29, 0.717) is 6.61 Å². The molecule has 0 aliphatic carbocycles. The van der Waals surface area contributed by atoms with Crippen LogP contribution in [0.1, 0.15) is 6.93 Å². The van der Waals surface area contributed by atoms with E-state index in [4.69, 9.17) is 10.8 Å². The molecule has 0 radical (unpaired) electrons. The number of hydrogen-bond acceptors (Lipinski definition) is 4. The highest BCUT2D eigenvalue weighted by Crippen LogP contribution is 2.32. The van der Waals surface area contributed by atoms with Crippen molar-refractivity contribution in [3.8, 4) is 0 Å². The van der Waals surface area contributed by atoms with Gasteiger partial charge in [-0.3, -0.25) is 0 Å². The van der Waals surface area contributed by atoms with Crippen LogP contribution in [0.4, 0.5) is 0 Å². The second-order valence-electron chi connectivity index (χ2n) is 4.74. The Bertz CT molecular complexity index is 733. The Morgan fingerprint density at radius 1 is 1.05 bits per heavy atom. The molecule has 0 unspecified atom stereocenters. The summed E-state index contributed by atoms with van der Waals surface area (Å²) >= 11 is 0. The SMILES string of the molecule is [2H][C@@]1(S(=O)(=O)c2ccccc2)O[C@H]1COCc1ccccc1. The van der Waals surface area contributed by atoms with Gasteiger partial charge in [-0.15, -0.1) is 0 Å². The normalized spacial score (nSPS) is 25.3. The average molecular weight is 305 g/mol. The van der Waals surface area contributed by atoms with Crippen LogP contribution in [0, 0.1) is 0 Å². The van der Waals surface area contributed by atoms with Crippen molar-refractivity contribution >= 4 is 9.84 Å². The Balaban J connectivity index is 1.60. The lowest BCUT2D eigenvalue weighted by Gasteiger charge is -2.02. The van der Waals surface area contributed by atoms with E-state index in [9.17, 15) is 8.42 Å². The molecular weight excluding hydrogens is 288 g/mol. The molecule has 110 valence electrons. The van der Waals surface area contributed by atoms with E-state index < -0.39 is 21.4 Å². The molecule has 21 heavy (non-hydrogen) atoms. The first-order valence-corrected chi connectivity index (χ1v) is 8.11. The van der Waals surface area contributed by atoms with Crippen molar-refractivity contribution in [2.24, 2.45) is 0 Å². The van der Waals surface area contributed by atoms with Crippen LogP contribution in [-0.2, 0) is 25.9 Å². The van der Waals surface area contributed by atoms with Crippen molar-refractivity contribution in [3.05, 3.63) is 66.2 Å². The summed E-state index contributed by atoms with van der Waals surface area (Å²) in [5.74, 6) is 0. The molecular formula is C16H16O4S. The van der Waals surface area contributed by atoms with E-state index in [1.165, 1.54) is 12.1 Å². The molecule has 4 nitrogen and oxygen atoms in total. The number of sulfone groups is 1. The van der Waals surface area contributed by atoms with Crippen LogP contribution in [0.5, 0.6) is 0 Å². The first-order chi connectivity index (χ1) is 10.5. The van der Waals surface area contributed by atoms with Gasteiger partial charge in [-0.25, -0.2) is 8.42 Å². The maximum Gasteiger partial charge on any atom is 0.207 e. The lowest BCUT2D eigenvalue weighted by atomic mass is 10.2. The number of benzene rings is 2. The van der Waals surface area contributed by atoms with Crippen LogP contribution in [0.2, 0.25) is 0 Å². The zero-order chi connectivity index (χ0) is 15.6. The molecule has 1 aliphatic heterocycles. The lowest BCUT2D eigenvalue weighted by molar-refractivity contribution is 0.104. The standard InChI is InChI=1S/C16H16O4S/c17-21(18,14-9-5-2-6-10-14)16-15(20-16)12-19-11-13-7-3-1-4-8-13/h1-10,15-16H,11-12H2/t15-,16-/m0/s1/i16D. The van der Waals surface area contributed by atoms with Crippen molar-refractivity contribution in [3.63, 3.8) is 0 Å². The van der Waals surface area contributed by atoms with E-state index in [-0.39, 0.29) is 11.5 Å². The maximum absolute atomic E-state index is 12.4. The number of rotatable bonds is 6. The van der Waals surface area contributed by atoms with Gasteiger partial charge >= 0.3 is 0 Å². The fourth-order valence-corrected chi connectivity index (χ4v) is 3.42. The quantitative estimate of drug-likeness (QED) is 0.769. The first-order valence-electron chi connectivity index (χ1n) is 7.13. The summed E-state index contributed by atoms with van der Waals surface area (Å²) in [6.07, 6.45) is -0.763. The molecule has 3 rings (SSSR count). The minimum absolute atomic E-state index is 0.0739. The Kier molecular flexibility index (Phi) is 3.70. The molecule has 0 N–H and O–H groups in total. The second-order valence-corrected chi connectivity index (χ2v) is 6.62. The molecule has 2 aromatic carbocycles. The third-order valence-corrected chi connectivity index (χ3v) is 4.94. The van der Waals surface area contributed by atoms with Gasteiger partial charge in [-0.1, -0.05) is 48.5 Å². The van der Waals surface area contributed by atoms with Gasteiger partial charge in [0.15, 0.2) is 5.41 Å². The molecule has 5 heteroatoms. The molecule has 2 aromatic rings. The minimum atomic E-state index is -3.85. The summed E-state index contributed by atoms with van der Waals surface area (Å²) in [7, 11) is -3.85. The van der Waals surface area contributed by atoms with Gasteiger partial charge in [0.1, 0.15) is 6.10 Å². The van der Waals surface area contributed by atoms with Crippen molar-refractivity contribution in [1.29, 1.82) is 0 Å². The fraction of sp³-hybridized carbons (Fsp3) is 0.250.